The number of hydrogen-bond acceptors (Lipinski definition) is 9. The number of sulfone groups is 1. The third-order valence-electron chi connectivity index (χ3n) is 9.05. The summed E-state index contributed by atoms with van der Waals surface area (Å²) in [7, 11) is 1.20. The second-order valence-electron chi connectivity index (χ2n) is 13.1. The maximum absolute atomic E-state index is 14.8. The summed E-state index contributed by atoms with van der Waals surface area (Å²) in [5.74, 6) is -3.10. The molecule has 18 heteroatoms. The van der Waals surface area contributed by atoms with Crippen LogP contribution in [-0.2, 0) is 26.0 Å². The molecule has 288 valence electrons. The van der Waals surface area contributed by atoms with E-state index in [4.69, 9.17) is 20.4 Å². The van der Waals surface area contributed by atoms with Gasteiger partial charge in [0.25, 0.3) is 0 Å². The molecule has 4 bridgehead atoms. The molecule has 2 heterocycles. The zero-order chi connectivity index (χ0) is 39.7. The van der Waals surface area contributed by atoms with Crippen molar-refractivity contribution in [3.05, 3.63) is 83.3 Å². The first-order valence-corrected chi connectivity index (χ1v) is 18.1. The Kier molecular flexibility index (Phi) is 11.3. The number of aliphatic carboxylic acids is 1. The highest BCUT2D eigenvalue weighted by molar-refractivity contribution is 7.92. The second-order valence-corrected chi connectivity index (χ2v) is 15.3. The molecule has 1 saturated carbocycles. The van der Waals surface area contributed by atoms with Crippen LogP contribution in [0.15, 0.2) is 65.7 Å². The molecule has 2 atom stereocenters. The summed E-state index contributed by atoms with van der Waals surface area (Å²) in [5.41, 5.74) is 8.63. The number of alkyl halides is 3. The van der Waals surface area contributed by atoms with Gasteiger partial charge >= 0.3 is 18.2 Å². The minimum Gasteiger partial charge on any atom is -0.496 e. The highest BCUT2D eigenvalue weighted by Gasteiger charge is 2.39. The van der Waals surface area contributed by atoms with Gasteiger partial charge in [0.15, 0.2) is 9.84 Å². The second kappa shape index (κ2) is 15.4. The molecule has 0 unspecified atom stereocenters. The largest absolute Gasteiger partial charge is 0.496 e. The fraction of sp³-hybridized carbons (Fsp3) is 0.333. The van der Waals surface area contributed by atoms with E-state index in [1.54, 1.807) is 68.6 Å². The predicted octanol–water partition coefficient (Wildman–Crippen LogP) is 5.93. The summed E-state index contributed by atoms with van der Waals surface area (Å²) < 4.78 is 79.1. The number of aromatic nitrogens is 1. The van der Waals surface area contributed by atoms with Crippen LogP contribution >= 0.6 is 0 Å². The van der Waals surface area contributed by atoms with Crippen molar-refractivity contribution < 1.29 is 50.2 Å². The summed E-state index contributed by atoms with van der Waals surface area (Å²) >= 11 is 0. The van der Waals surface area contributed by atoms with Gasteiger partial charge in [0, 0.05) is 55.2 Å². The number of ether oxygens (including phenoxy) is 1. The van der Waals surface area contributed by atoms with Gasteiger partial charge in [-0.05, 0) is 78.1 Å². The number of fused-ring (bicyclic) bond motifs is 5. The fourth-order valence-electron chi connectivity index (χ4n) is 6.07. The molecule has 1 aromatic heterocycles. The van der Waals surface area contributed by atoms with Gasteiger partial charge in [-0.25, -0.2) is 27.4 Å². The van der Waals surface area contributed by atoms with Gasteiger partial charge in [0.2, 0.25) is 5.91 Å². The monoisotopic (exact) mass is 774 g/mol. The smallest absolute Gasteiger partial charge is 0.490 e. The Bertz CT molecular complexity index is 2220. The molecular weight excluding hydrogens is 736 g/mol. The third-order valence-corrected chi connectivity index (χ3v) is 11.4. The van der Waals surface area contributed by atoms with Crippen molar-refractivity contribution in [2.75, 3.05) is 44.1 Å². The Balaban J connectivity index is 0.000000730. The van der Waals surface area contributed by atoms with E-state index in [-0.39, 0.29) is 40.5 Å². The average molecular weight is 775 g/mol. The minimum absolute atomic E-state index is 0.0498. The predicted molar refractivity (Wildman–Crippen MR) is 192 cm³/mol. The first-order valence-electron chi connectivity index (χ1n) is 16.5. The fourth-order valence-corrected chi connectivity index (χ4v) is 7.94. The van der Waals surface area contributed by atoms with Crippen LogP contribution in [-0.4, -0.2) is 85.4 Å². The third kappa shape index (κ3) is 8.59. The Morgan fingerprint density at radius 3 is 2.35 bits per heavy atom. The highest BCUT2D eigenvalue weighted by atomic mass is 32.2. The van der Waals surface area contributed by atoms with Gasteiger partial charge in [0.05, 0.1) is 23.5 Å². The topological polar surface area (TPSA) is 184 Å². The number of rotatable bonds is 5. The standard InChI is InChI=1S/C34H37FN6O5S.C2HF3O2/c1-19-17-41(3)34(43)39-22-7-12-30(47(44,45)24-8-9-24)21(13-22)18-40(2)33(42)31(20-5-11-29(46-4)26(19)14-20)38-23-6-10-25-27(15-23)28(35)16-37-32(25)36;3-2(4,5)1(6)7/h5-7,10-16,19,24,31,38H,8-9,17-18H2,1-4H3,(H2,36,37)(H,39,43);(H,6,7)/t19-,31+;/m0./s1. The summed E-state index contributed by atoms with van der Waals surface area (Å²) in [6.45, 7) is 2.23. The van der Waals surface area contributed by atoms with E-state index in [9.17, 15) is 35.6 Å². The molecule has 4 aromatic rings. The lowest BCUT2D eigenvalue weighted by atomic mass is 9.94. The lowest BCUT2D eigenvalue weighted by Gasteiger charge is -2.28. The van der Waals surface area contributed by atoms with Crippen LogP contribution in [0, 0.1) is 5.82 Å². The number of carboxylic acids is 1. The Morgan fingerprint density at radius 1 is 1.04 bits per heavy atom. The number of halogens is 4. The van der Waals surface area contributed by atoms with Crippen molar-refractivity contribution in [2.45, 2.75) is 54.6 Å². The van der Waals surface area contributed by atoms with Crippen LogP contribution in [0.3, 0.4) is 0 Å². The van der Waals surface area contributed by atoms with Gasteiger partial charge in [-0.15, -0.1) is 0 Å². The Morgan fingerprint density at radius 2 is 1.72 bits per heavy atom. The van der Waals surface area contributed by atoms with Crippen LogP contribution in [0.4, 0.5) is 39.5 Å². The van der Waals surface area contributed by atoms with Gasteiger partial charge in [-0.1, -0.05) is 13.0 Å². The molecule has 1 aliphatic heterocycles. The van der Waals surface area contributed by atoms with Gasteiger partial charge in [-0.2, -0.15) is 13.2 Å². The quantitative estimate of drug-likeness (QED) is 0.177. The van der Waals surface area contributed by atoms with E-state index < -0.39 is 39.1 Å². The number of hydrogen-bond donors (Lipinski definition) is 4. The number of carboxylic acid groups (broad SMARTS) is 1. The highest BCUT2D eigenvalue weighted by Crippen LogP contribution is 2.37. The molecule has 3 aromatic carbocycles. The molecule has 2 aliphatic rings. The van der Waals surface area contributed by atoms with E-state index in [0.29, 0.717) is 53.0 Å². The number of nitrogens with one attached hydrogen (secondary N) is 2. The lowest BCUT2D eigenvalue weighted by Crippen LogP contribution is -2.35. The number of anilines is 3. The number of amides is 3. The maximum Gasteiger partial charge on any atom is 0.490 e. The van der Waals surface area contributed by atoms with Crippen molar-refractivity contribution in [1.29, 1.82) is 0 Å². The average Bonchev–Trinajstić information content (AvgIpc) is 3.98. The molecular formula is C36H38F4N6O7S. The van der Waals surface area contributed by atoms with Gasteiger partial charge in [0.1, 0.15) is 23.4 Å². The van der Waals surface area contributed by atoms with Crippen LogP contribution in [0.1, 0.15) is 48.4 Å². The molecule has 0 spiro atoms. The van der Waals surface area contributed by atoms with Crippen molar-refractivity contribution in [3.63, 3.8) is 0 Å². The first kappa shape index (κ1) is 39.6. The normalized spacial score (nSPS) is 18.1. The van der Waals surface area contributed by atoms with Crippen molar-refractivity contribution in [2.24, 2.45) is 0 Å². The van der Waals surface area contributed by atoms with E-state index in [1.807, 2.05) is 13.0 Å². The first-order chi connectivity index (χ1) is 25.3. The van der Waals surface area contributed by atoms with Crippen molar-refractivity contribution >= 4 is 55.7 Å². The Hall–Kier alpha value is -5.65. The number of carbonyl (C=O) groups excluding carboxylic acids is 2. The zero-order valence-corrected chi connectivity index (χ0v) is 30.4. The number of nitrogen functional groups attached to an aromatic ring is 1. The number of nitrogens with two attached hydrogens (primary N) is 1. The molecule has 54 heavy (non-hydrogen) atoms. The summed E-state index contributed by atoms with van der Waals surface area (Å²) in [6, 6.07) is 13.7. The van der Waals surface area contributed by atoms with E-state index in [1.165, 1.54) is 11.0 Å². The Labute approximate surface area is 308 Å². The number of pyridine rings is 1. The molecule has 0 radical (unpaired) electrons. The molecule has 5 N–H and O–H groups in total. The lowest BCUT2D eigenvalue weighted by molar-refractivity contribution is -0.192. The summed E-state index contributed by atoms with van der Waals surface area (Å²) in [4.78, 5) is 43.6. The van der Waals surface area contributed by atoms with Crippen molar-refractivity contribution in [3.8, 4) is 5.75 Å². The number of benzene rings is 3. The van der Waals surface area contributed by atoms with E-state index in [0.717, 1.165) is 11.8 Å². The van der Waals surface area contributed by atoms with Crippen LogP contribution < -0.4 is 21.1 Å². The number of likely N-dealkylation sites (N-methyl/N-ethyl adjacent to an activating group) is 2. The molecule has 1 fully saturated rings. The number of carbonyl (C=O) groups is 3. The summed E-state index contributed by atoms with van der Waals surface area (Å²) in [6.07, 6.45) is -2.87. The summed E-state index contributed by atoms with van der Waals surface area (Å²) in [5, 5.41) is 13.5. The van der Waals surface area contributed by atoms with Gasteiger partial charge < -0.3 is 36.0 Å². The molecule has 13 nitrogen and oxygen atoms in total. The number of urea groups is 1. The molecule has 3 amide bonds. The molecule has 0 saturated heterocycles. The number of nitrogens with zero attached hydrogens (tertiary/aromatic N) is 3. The molecule has 6 rings (SSSR count). The molecule has 1 aliphatic carbocycles. The number of methoxy groups -OCH3 is 1. The van der Waals surface area contributed by atoms with Crippen LogP contribution in [0.25, 0.3) is 10.8 Å². The van der Waals surface area contributed by atoms with Crippen LogP contribution in [0.2, 0.25) is 0 Å². The van der Waals surface area contributed by atoms with Crippen molar-refractivity contribution in [1.82, 2.24) is 14.8 Å². The van der Waals surface area contributed by atoms with Gasteiger partial charge in [-0.3, -0.25) is 4.79 Å². The van der Waals surface area contributed by atoms with Crippen LogP contribution in [0.5, 0.6) is 5.75 Å². The maximum atomic E-state index is 14.8. The van der Waals surface area contributed by atoms with E-state index in [2.05, 4.69) is 15.6 Å². The SMILES string of the molecule is COc1ccc2cc1[C@@H](C)CN(C)C(=O)Nc1ccc(S(=O)(=O)C3CC3)c(c1)CN(C)C(=O)[C@@H]2Nc1ccc2c(N)ncc(F)c2c1.O=C(O)C(F)(F)F. The minimum atomic E-state index is -5.08. The zero-order valence-electron chi connectivity index (χ0n) is 29.6. The van der Waals surface area contributed by atoms with E-state index >= 15 is 0 Å².